The number of hydrogen-bond acceptors (Lipinski definition) is 5. The van der Waals surface area contributed by atoms with Crippen molar-refractivity contribution in [3.05, 3.63) is 12.2 Å². The number of unbranched alkanes of at least 4 members (excludes halogenated alkanes) is 8. The van der Waals surface area contributed by atoms with Crippen LogP contribution in [0.5, 0.6) is 0 Å². The van der Waals surface area contributed by atoms with Gasteiger partial charge in [0.25, 0.3) is 0 Å². The summed E-state index contributed by atoms with van der Waals surface area (Å²) in [4.78, 5) is 0. The van der Waals surface area contributed by atoms with Gasteiger partial charge in [-0.1, -0.05) is 57.6 Å². The molecule has 25 heavy (non-hydrogen) atoms. The van der Waals surface area contributed by atoms with Crippen molar-refractivity contribution < 1.29 is 24.8 Å². The highest BCUT2D eigenvalue weighted by atomic mass is 16.5. The number of allylic oxidation sites excluding steroid dienone is 2. The average Bonchev–Trinajstić information content (AvgIpc) is 2.94. The summed E-state index contributed by atoms with van der Waals surface area (Å²) in [6.45, 7) is 3.04. The third-order valence-electron chi connectivity index (χ3n) is 4.66. The molecule has 1 fully saturated rings. The van der Waals surface area contributed by atoms with Crippen LogP contribution in [-0.4, -0.2) is 59.6 Å². The lowest BCUT2D eigenvalue weighted by Crippen LogP contribution is -2.40. The number of ether oxygens (including phenoxy) is 2. The molecule has 0 saturated carbocycles. The first-order valence-electron chi connectivity index (χ1n) is 10.0. The molecule has 0 bridgehead atoms. The van der Waals surface area contributed by atoms with Crippen LogP contribution < -0.4 is 0 Å². The zero-order chi connectivity index (χ0) is 18.3. The van der Waals surface area contributed by atoms with Crippen LogP contribution >= 0.6 is 0 Å². The highest BCUT2D eigenvalue weighted by Crippen LogP contribution is 2.18. The van der Waals surface area contributed by atoms with Crippen LogP contribution in [0.3, 0.4) is 0 Å². The lowest BCUT2D eigenvalue weighted by molar-refractivity contribution is -0.0813. The highest BCUT2D eigenvalue weighted by Gasteiger charge is 2.39. The average molecular weight is 359 g/mol. The summed E-state index contributed by atoms with van der Waals surface area (Å²) in [7, 11) is 0. The fourth-order valence-corrected chi connectivity index (χ4v) is 2.99. The maximum Gasteiger partial charge on any atom is 0.114 e. The largest absolute Gasteiger partial charge is 0.388 e. The van der Waals surface area contributed by atoms with Gasteiger partial charge in [0.15, 0.2) is 0 Å². The van der Waals surface area contributed by atoms with Crippen LogP contribution in [-0.2, 0) is 9.47 Å². The van der Waals surface area contributed by atoms with E-state index in [1.807, 2.05) is 0 Å². The fraction of sp³-hybridized carbons (Fsp3) is 0.900. The van der Waals surface area contributed by atoms with E-state index >= 15 is 0 Å². The lowest BCUT2D eigenvalue weighted by Gasteiger charge is -2.20. The van der Waals surface area contributed by atoms with Crippen molar-refractivity contribution in [3.8, 4) is 0 Å². The maximum atomic E-state index is 9.90. The van der Waals surface area contributed by atoms with Crippen LogP contribution in [0.4, 0.5) is 0 Å². The Labute approximate surface area is 153 Å². The van der Waals surface area contributed by atoms with Gasteiger partial charge >= 0.3 is 0 Å². The van der Waals surface area contributed by atoms with E-state index in [0.29, 0.717) is 6.61 Å². The molecule has 0 aliphatic carbocycles. The van der Waals surface area contributed by atoms with E-state index in [1.54, 1.807) is 0 Å². The molecule has 0 aromatic carbocycles. The van der Waals surface area contributed by atoms with Crippen LogP contribution in [0.15, 0.2) is 12.2 Å². The van der Waals surface area contributed by atoms with Crippen molar-refractivity contribution in [1.29, 1.82) is 0 Å². The van der Waals surface area contributed by atoms with E-state index in [0.717, 1.165) is 12.8 Å². The first-order valence-corrected chi connectivity index (χ1v) is 10.0. The summed E-state index contributed by atoms with van der Waals surface area (Å²) in [6, 6.07) is 0. The fourth-order valence-electron chi connectivity index (χ4n) is 2.99. The molecule has 148 valence electrons. The Bertz CT molecular complexity index is 334. The molecule has 5 nitrogen and oxygen atoms in total. The summed E-state index contributed by atoms with van der Waals surface area (Å²) in [5, 5.41) is 28.9. The van der Waals surface area contributed by atoms with Gasteiger partial charge in [0.2, 0.25) is 0 Å². The Morgan fingerprint density at radius 1 is 1.00 bits per heavy atom. The minimum absolute atomic E-state index is 0.0669. The molecule has 4 atom stereocenters. The van der Waals surface area contributed by atoms with Crippen LogP contribution in [0, 0.1) is 0 Å². The smallest absolute Gasteiger partial charge is 0.114 e. The van der Waals surface area contributed by atoms with Crippen LogP contribution in [0.1, 0.15) is 71.1 Å². The second-order valence-corrected chi connectivity index (χ2v) is 7.02. The molecule has 0 amide bonds. The molecule has 1 aliphatic rings. The monoisotopic (exact) mass is 358 g/mol. The molecule has 0 aromatic rings. The number of aliphatic hydroxyl groups excluding tert-OH is 3. The standard InChI is InChI=1S/C20H38O5/c1-2-3-4-5-6-7-8-9-10-11-12-13-14-24-15-18(22)20-19(23)17(21)16-25-20/h5-6,17-23H,2-4,7-16H2,1H3/b6-5+/t17-,18+,19-,20-/m0/s1. The molecule has 1 aliphatic heterocycles. The first-order chi connectivity index (χ1) is 12.2. The molecule has 0 radical (unpaired) electrons. The summed E-state index contributed by atoms with van der Waals surface area (Å²) in [5.74, 6) is 0. The van der Waals surface area contributed by atoms with Crippen molar-refractivity contribution in [2.45, 2.75) is 95.5 Å². The molecule has 5 heteroatoms. The SMILES string of the molecule is CCCC/C=C/CCCCCCCCOC[C@@H](O)[C@@H]1OC[C@H](O)[C@@H]1O. The Hall–Kier alpha value is -0.460. The molecular weight excluding hydrogens is 320 g/mol. The van der Waals surface area contributed by atoms with Gasteiger partial charge in [-0.2, -0.15) is 0 Å². The number of aliphatic hydroxyl groups is 3. The molecule has 0 aromatic heterocycles. The van der Waals surface area contributed by atoms with E-state index in [4.69, 9.17) is 9.47 Å². The van der Waals surface area contributed by atoms with Gasteiger partial charge < -0.3 is 24.8 Å². The van der Waals surface area contributed by atoms with Gasteiger partial charge in [-0.05, 0) is 25.7 Å². The van der Waals surface area contributed by atoms with Crippen molar-refractivity contribution in [3.63, 3.8) is 0 Å². The molecule has 1 rings (SSSR count). The van der Waals surface area contributed by atoms with E-state index in [2.05, 4.69) is 19.1 Å². The minimum Gasteiger partial charge on any atom is -0.388 e. The highest BCUT2D eigenvalue weighted by molar-refractivity contribution is 4.87. The summed E-state index contributed by atoms with van der Waals surface area (Å²) < 4.78 is 10.6. The second-order valence-electron chi connectivity index (χ2n) is 7.02. The zero-order valence-corrected chi connectivity index (χ0v) is 15.8. The Morgan fingerprint density at radius 3 is 2.28 bits per heavy atom. The third-order valence-corrected chi connectivity index (χ3v) is 4.66. The second kappa shape index (κ2) is 14.7. The number of rotatable bonds is 15. The van der Waals surface area contributed by atoms with Gasteiger partial charge in [-0.25, -0.2) is 0 Å². The quantitative estimate of drug-likeness (QED) is 0.310. The molecule has 1 saturated heterocycles. The van der Waals surface area contributed by atoms with Crippen molar-refractivity contribution >= 4 is 0 Å². The zero-order valence-electron chi connectivity index (χ0n) is 15.8. The van der Waals surface area contributed by atoms with Gasteiger partial charge in [-0.15, -0.1) is 0 Å². The predicted molar refractivity (Wildman–Crippen MR) is 99.6 cm³/mol. The Morgan fingerprint density at radius 2 is 1.64 bits per heavy atom. The van der Waals surface area contributed by atoms with Crippen molar-refractivity contribution in [1.82, 2.24) is 0 Å². The topological polar surface area (TPSA) is 79.2 Å². The normalized spacial score (nSPS) is 25.0. The molecule has 1 heterocycles. The van der Waals surface area contributed by atoms with E-state index in [1.165, 1.54) is 51.4 Å². The Balaban J connectivity index is 1.84. The van der Waals surface area contributed by atoms with Gasteiger partial charge in [0.05, 0.1) is 13.2 Å². The molecule has 0 spiro atoms. The van der Waals surface area contributed by atoms with Gasteiger partial charge in [0.1, 0.15) is 24.4 Å². The van der Waals surface area contributed by atoms with Crippen molar-refractivity contribution in [2.24, 2.45) is 0 Å². The molecule has 0 unspecified atom stereocenters. The lowest BCUT2D eigenvalue weighted by atomic mass is 10.1. The minimum atomic E-state index is -1.03. The maximum absolute atomic E-state index is 9.90. The van der Waals surface area contributed by atoms with Crippen LogP contribution in [0.2, 0.25) is 0 Å². The van der Waals surface area contributed by atoms with Crippen molar-refractivity contribution in [2.75, 3.05) is 19.8 Å². The summed E-state index contributed by atoms with van der Waals surface area (Å²) >= 11 is 0. The number of hydrogen-bond donors (Lipinski definition) is 3. The van der Waals surface area contributed by atoms with Gasteiger partial charge in [-0.3, -0.25) is 0 Å². The van der Waals surface area contributed by atoms with E-state index < -0.39 is 24.4 Å². The molecular formula is C20H38O5. The Kier molecular flexibility index (Phi) is 13.3. The third kappa shape index (κ3) is 10.3. The predicted octanol–water partition coefficient (Wildman–Crippen LogP) is 2.96. The summed E-state index contributed by atoms with van der Waals surface area (Å²) in [5.41, 5.74) is 0. The first kappa shape index (κ1) is 22.6. The van der Waals surface area contributed by atoms with E-state index in [-0.39, 0.29) is 13.2 Å². The molecule has 3 N–H and O–H groups in total. The van der Waals surface area contributed by atoms with Gasteiger partial charge in [0, 0.05) is 6.61 Å². The summed E-state index contributed by atoms with van der Waals surface area (Å²) in [6.07, 6.45) is 13.2. The van der Waals surface area contributed by atoms with Crippen LogP contribution in [0.25, 0.3) is 0 Å². The van der Waals surface area contributed by atoms with E-state index in [9.17, 15) is 15.3 Å².